The molecule has 1 N–H and O–H groups in total. The number of aromatic nitrogens is 4. The smallest absolute Gasteiger partial charge is 0.152 e. The molecular formula is C15H23N5S. The highest BCUT2D eigenvalue weighted by molar-refractivity contribution is 7.11. The highest BCUT2D eigenvalue weighted by atomic mass is 32.1. The van der Waals surface area contributed by atoms with E-state index >= 15 is 0 Å². The molecule has 0 bridgehead atoms. The Balaban J connectivity index is 1.77. The van der Waals surface area contributed by atoms with Crippen molar-refractivity contribution < 1.29 is 0 Å². The summed E-state index contributed by atoms with van der Waals surface area (Å²) in [5.74, 6) is 2.17. The zero-order chi connectivity index (χ0) is 15.0. The van der Waals surface area contributed by atoms with Crippen molar-refractivity contribution in [1.29, 1.82) is 0 Å². The quantitative estimate of drug-likeness (QED) is 0.943. The number of nitrogens with zero attached hydrogens (tertiary/aromatic N) is 4. The molecule has 0 saturated carbocycles. The fourth-order valence-electron chi connectivity index (χ4n) is 2.89. The lowest BCUT2D eigenvalue weighted by Gasteiger charge is -2.27. The largest absolute Gasteiger partial charge is 0.313 e. The lowest BCUT2D eigenvalue weighted by molar-refractivity contribution is 0.349. The zero-order valence-electron chi connectivity index (χ0n) is 13.2. The number of hydrogen-bond acceptors (Lipinski definition) is 5. The molecule has 0 amide bonds. The van der Waals surface area contributed by atoms with Gasteiger partial charge in [-0.15, -0.1) is 21.5 Å². The minimum absolute atomic E-state index is 0.202. The molecule has 1 aliphatic heterocycles. The van der Waals surface area contributed by atoms with E-state index in [0.29, 0.717) is 0 Å². The molecule has 0 fully saturated rings. The fraction of sp³-hybridized carbons (Fsp3) is 0.667. The van der Waals surface area contributed by atoms with Crippen molar-refractivity contribution in [2.75, 3.05) is 0 Å². The highest BCUT2D eigenvalue weighted by Crippen LogP contribution is 2.24. The lowest BCUT2D eigenvalue weighted by Crippen LogP contribution is -2.39. The molecule has 5 nitrogen and oxygen atoms in total. The van der Waals surface area contributed by atoms with Gasteiger partial charge in [0.1, 0.15) is 5.82 Å². The maximum atomic E-state index is 4.60. The predicted molar refractivity (Wildman–Crippen MR) is 84.4 cm³/mol. The zero-order valence-corrected chi connectivity index (χ0v) is 14.0. The fourth-order valence-corrected chi connectivity index (χ4v) is 3.73. The van der Waals surface area contributed by atoms with Crippen LogP contribution in [0, 0.1) is 13.8 Å². The minimum Gasteiger partial charge on any atom is -0.313 e. The second-order valence-electron chi connectivity index (χ2n) is 6.26. The van der Waals surface area contributed by atoms with Crippen LogP contribution in [-0.2, 0) is 25.0 Å². The number of fused-ring (bicyclic) bond motifs is 1. The molecule has 0 aliphatic carbocycles. The Hall–Kier alpha value is -1.27. The van der Waals surface area contributed by atoms with Crippen LogP contribution in [0.2, 0.25) is 0 Å². The monoisotopic (exact) mass is 305 g/mol. The van der Waals surface area contributed by atoms with Crippen LogP contribution in [0.15, 0.2) is 0 Å². The normalized spacial score (nSPS) is 15.2. The van der Waals surface area contributed by atoms with Gasteiger partial charge in [-0.2, -0.15) is 0 Å². The summed E-state index contributed by atoms with van der Waals surface area (Å²) in [7, 11) is 0. The van der Waals surface area contributed by atoms with Crippen LogP contribution in [0.5, 0.6) is 0 Å². The third-order valence-corrected chi connectivity index (χ3v) is 5.04. The first kappa shape index (κ1) is 14.7. The van der Waals surface area contributed by atoms with Crippen molar-refractivity contribution in [3.8, 4) is 0 Å². The summed E-state index contributed by atoms with van der Waals surface area (Å²) in [5.41, 5.74) is 0.941. The van der Waals surface area contributed by atoms with Crippen LogP contribution in [0.3, 0.4) is 0 Å². The Morgan fingerprint density at radius 1 is 1.24 bits per heavy atom. The molecule has 0 atom stereocenters. The third kappa shape index (κ3) is 2.87. The van der Waals surface area contributed by atoms with Gasteiger partial charge in [0.05, 0.1) is 16.2 Å². The van der Waals surface area contributed by atoms with Crippen molar-refractivity contribution in [1.82, 2.24) is 25.1 Å². The van der Waals surface area contributed by atoms with Crippen LogP contribution in [0.25, 0.3) is 0 Å². The van der Waals surface area contributed by atoms with Gasteiger partial charge in [0.2, 0.25) is 0 Å². The molecule has 3 rings (SSSR count). The van der Waals surface area contributed by atoms with E-state index in [9.17, 15) is 0 Å². The van der Waals surface area contributed by atoms with Crippen LogP contribution in [0.4, 0.5) is 0 Å². The molecule has 0 radical (unpaired) electrons. The van der Waals surface area contributed by atoms with E-state index in [0.717, 1.165) is 41.9 Å². The number of nitrogens with one attached hydrogen (secondary N) is 1. The maximum Gasteiger partial charge on any atom is 0.152 e. The SMILES string of the molecule is Cc1nc(CNC(C)(C)c2nnc3n2CCCC3)c(C)s1. The number of hydrogen-bond donors (Lipinski definition) is 1. The van der Waals surface area contributed by atoms with E-state index in [1.807, 2.05) is 0 Å². The van der Waals surface area contributed by atoms with E-state index in [2.05, 4.69) is 52.8 Å². The van der Waals surface area contributed by atoms with Gasteiger partial charge in [-0.1, -0.05) is 0 Å². The minimum atomic E-state index is -0.202. The van der Waals surface area contributed by atoms with Crippen LogP contribution < -0.4 is 5.32 Å². The van der Waals surface area contributed by atoms with Gasteiger partial charge in [-0.25, -0.2) is 4.98 Å². The molecule has 114 valence electrons. The Bertz CT molecular complexity index is 641. The topological polar surface area (TPSA) is 55.6 Å². The molecule has 0 unspecified atom stereocenters. The average molecular weight is 305 g/mol. The number of thiazole rings is 1. The molecule has 0 saturated heterocycles. The standard InChI is InChI=1S/C15H23N5S/c1-10-12(17-11(2)21-10)9-16-15(3,4)14-19-18-13-7-5-6-8-20(13)14/h16H,5-9H2,1-4H3. The third-order valence-electron chi connectivity index (χ3n) is 4.12. The summed E-state index contributed by atoms with van der Waals surface area (Å²) in [4.78, 5) is 5.89. The highest BCUT2D eigenvalue weighted by Gasteiger charge is 2.29. The van der Waals surface area contributed by atoms with Gasteiger partial charge >= 0.3 is 0 Å². The van der Waals surface area contributed by atoms with E-state index in [4.69, 9.17) is 0 Å². The van der Waals surface area contributed by atoms with Gasteiger partial charge in [-0.3, -0.25) is 5.32 Å². The number of rotatable bonds is 4. The Kier molecular flexibility index (Phi) is 3.84. The summed E-state index contributed by atoms with van der Waals surface area (Å²) in [6.45, 7) is 10.3. The van der Waals surface area contributed by atoms with Gasteiger partial charge in [0.25, 0.3) is 0 Å². The van der Waals surface area contributed by atoms with Gasteiger partial charge in [0.15, 0.2) is 5.82 Å². The van der Waals surface area contributed by atoms with Crippen LogP contribution in [0.1, 0.15) is 53.9 Å². The van der Waals surface area contributed by atoms with Crippen molar-refractivity contribution in [2.45, 2.75) is 65.6 Å². The lowest BCUT2D eigenvalue weighted by atomic mass is 10.0. The Morgan fingerprint density at radius 2 is 2.05 bits per heavy atom. The van der Waals surface area contributed by atoms with Crippen molar-refractivity contribution >= 4 is 11.3 Å². The molecule has 2 aromatic rings. The molecule has 0 spiro atoms. The first-order valence-corrected chi connectivity index (χ1v) is 8.39. The molecular weight excluding hydrogens is 282 g/mol. The van der Waals surface area contributed by atoms with Crippen molar-refractivity contribution in [2.24, 2.45) is 0 Å². The predicted octanol–water partition coefficient (Wildman–Crippen LogP) is 2.71. The summed E-state index contributed by atoms with van der Waals surface area (Å²) in [5, 5.41) is 13.5. The van der Waals surface area contributed by atoms with Gasteiger partial charge < -0.3 is 4.57 Å². The molecule has 21 heavy (non-hydrogen) atoms. The second kappa shape index (κ2) is 5.50. The van der Waals surface area contributed by atoms with E-state index < -0.39 is 0 Å². The molecule has 2 aromatic heterocycles. The Morgan fingerprint density at radius 3 is 2.76 bits per heavy atom. The average Bonchev–Trinajstić information content (AvgIpc) is 3.00. The second-order valence-corrected chi connectivity index (χ2v) is 7.67. The molecule has 3 heterocycles. The summed E-state index contributed by atoms with van der Waals surface area (Å²) < 4.78 is 2.29. The van der Waals surface area contributed by atoms with Gasteiger partial charge in [0, 0.05) is 24.4 Å². The van der Waals surface area contributed by atoms with Gasteiger partial charge in [-0.05, 0) is 40.5 Å². The summed E-state index contributed by atoms with van der Waals surface area (Å²) in [6.07, 6.45) is 3.50. The van der Waals surface area contributed by atoms with E-state index in [1.165, 1.54) is 17.7 Å². The van der Waals surface area contributed by atoms with E-state index in [-0.39, 0.29) is 5.54 Å². The maximum absolute atomic E-state index is 4.60. The Labute approximate surface area is 129 Å². The first-order chi connectivity index (χ1) is 9.97. The van der Waals surface area contributed by atoms with E-state index in [1.54, 1.807) is 11.3 Å². The van der Waals surface area contributed by atoms with Crippen LogP contribution >= 0.6 is 11.3 Å². The van der Waals surface area contributed by atoms with Crippen molar-refractivity contribution in [3.05, 3.63) is 27.2 Å². The molecule has 6 heteroatoms. The first-order valence-electron chi connectivity index (χ1n) is 7.58. The summed E-state index contributed by atoms with van der Waals surface area (Å²) in [6, 6.07) is 0. The van der Waals surface area contributed by atoms with Crippen molar-refractivity contribution in [3.63, 3.8) is 0 Å². The molecule has 0 aromatic carbocycles. The summed E-state index contributed by atoms with van der Waals surface area (Å²) >= 11 is 1.76. The number of aryl methyl sites for hydroxylation is 3. The molecule has 1 aliphatic rings. The van der Waals surface area contributed by atoms with Crippen LogP contribution in [-0.4, -0.2) is 19.7 Å².